The molecule has 1 aromatic heterocycles. The number of aromatic nitrogens is 1. The van der Waals surface area contributed by atoms with E-state index in [2.05, 4.69) is 59.6 Å². The normalized spacial score (nSPS) is 15.0. The van der Waals surface area contributed by atoms with Gasteiger partial charge in [-0.1, -0.05) is 30.3 Å². The van der Waals surface area contributed by atoms with Gasteiger partial charge < -0.3 is 15.1 Å². The number of carbonyl (C=O) groups is 1. The van der Waals surface area contributed by atoms with Gasteiger partial charge in [0, 0.05) is 31.4 Å². The van der Waals surface area contributed by atoms with Gasteiger partial charge in [-0.15, -0.1) is 0 Å². The lowest BCUT2D eigenvalue weighted by Gasteiger charge is -2.32. The van der Waals surface area contributed by atoms with Crippen molar-refractivity contribution in [2.24, 2.45) is 5.92 Å². The molecule has 0 spiro atoms. The van der Waals surface area contributed by atoms with Gasteiger partial charge in [-0.05, 0) is 69.9 Å². The molecule has 2 heterocycles. The van der Waals surface area contributed by atoms with Crippen LogP contribution in [0.25, 0.3) is 0 Å². The Bertz CT molecular complexity index is 739. The summed E-state index contributed by atoms with van der Waals surface area (Å²) in [7, 11) is 4.14. The fourth-order valence-corrected chi connectivity index (χ4v) is 3.74. The topological polar surface area (TPSA) is 48.5 Å². The van der Waals surface area contributed by atoms with E-state index in [0.717, 1.165) is 63.2 Å². The second-order valence-electron chi connectivity index (χ2n) is 7.94. The molecule has 5 nitrogen and oxygen atoms in total. The summed E-state index contributed by atoms with van der Waals surface area (Å²) >= 11 is 0. The summed E-state index contributed by atoms with van der Waals surface area (Å²) < 4.78 is 0. The highest BCUT2D eigenvalue weighted by molar-refractivity contribution is 5.94. The summed E-state index contributed by atoms with van der Waals surface area (Å²) in [6.45, 7) is 3.56. The van der Waals surface area contributed by atoms with Crippen LogP contribution in [0.5, 0.6) is 0 Å². The monoisotopic (exact) mass is 380 g/mol. The zero-order valence-electron chi connectivity index (χ0n) is 17.1. The Morgan fingerprint density at radius 2 is 1.93 bits per heavy atom. The van der Waals surface area contributed by atoms with E-state index >= 15 is 0 Å². The van der Waals surface area contributed by atoms with Gasteiger partial charge in [-0.3, -0.25) is 4.79 Å². The smallest absolute Gasteiger partial charge is 0.254 e. The number of rotatable bonds is 8. The molecule has 150 valence electrons. The Kier molecular flexibility index (Phi) is 7.43. The van der Waals surface area contributed by atoms with Crippen molar-refractivity contribution in [3.05, 3.63) is 59.8 Å². The van der Waals surface area contributed by atoms with Crippen LogP contribution in [0.15, 0.2) is 48.7 Å². The third-order valence-electron chi connectivity index (χ3n) is 5.36. The number of pyridine rings is 1. The summed E-state index contributed by atoms with van der Waals surface area (Å²) in [6.07, 6.45) is 6.02. The fraction of sp³-hybridized carbons (Fsp3) is 0.478. The van der Waals surface area contributed by atoms with E-state index in [1.54, 1.807) is 6.20 Å². The van der Waals surface area contributed by atoms with Crippen LogP contribution in [0.2, 0.25) is 0 Å². The minimum atomic E-state index is 0.122. The Labute approximate surface area is 168 Å². The lowest BCUT2D eigenvalue weighted by Crippen LogP contribution is -2.39. The molecule has 0 unspecified atom stereocenters. The van der Waals surface area contributed by atoms with Crippen molar-refractivity contribution in [2.45, 2.75) is 25.7 Å². The van der Waals surface area contributed by atoms with Crippen molar-refractivity contribution in [3.8, 4) is 0 Å². The van der Waals surface area contributed by atoms with Crippen LogP contribution in [-0.4, -0.2) is 61.0 Å². The Hall–Kier alpha value is -2.40. The number of benzene rings is 1. The van der Waals surface area contributed by atoms with Crippen molar-refractivity contribution >= 4 is 11.7 Å². The fourth-order valence-electron chi connectivity index (χ4n) is 3.74. The van der Waals surface area contributed by atoms with Crippen LogP contribution in [0.1, 0.15) is 35.2 Å². The number of anilines is 1. The van der Waals surface area contributed by atoms with Crippen molar-refractivity contribution in [2.75, 3.05) is 45.6 Å². The SMILES string of the molecule is CN(C)CCCNc1cc(C(=O)N2CCC(Cc3ccccc3)CC2)ccn1. The molecule has 1 saturated heterocycles. The van der Waals surface area contributed by atoms with Gasteiger partial charge in [0.15, 0.2) is 0 Å². The van der Waals surface area contributed by atoms with Gasteiger partial charge in [-0.2, -0.15) is 0 Å². The number of hydrogen-bond donors (Lipinski definition) is 1. The maximum atomic E-state index is 12.9. The molecule has 1 N–H and O–H groups in total. The van der Waals surface area contributed by atoms with Crippen LogP contribution in [0.3, 0.4) is 0 Å². The second kappa shape index (κ2) is 10.2. The molecule has 1 aliphatic heterocycles. The van der Waals surface area contributed by atoms with E-state index in [-0.39, 0.29) is 5.91 Å². The highest BCUT2D eigenvalue weighted by atomic mass is 16.2. The van der Waals surface area contributed by atoms with E-state index in [9.17, 15) is 4.79 Å². The highest BCUT2D eigenvalue weighted by Gasteiger charge is 2.24. The van der Waals surface area contributed by atoms with Gasteiger partial charge in [0.2, 0.25) is 0 Å². The number of nitrogens with one attached hydrogen (secondary N) is 1. The second-order valence-corrected chi connectivity index (χ2v) is 7.94. The molecular weight excluding hydrogens is 348 g/mol. The van der Waals surface area contributed by atoms with Gasteiger partial charge in [0.05, 0.1) is 0 Å². The van der Waals surface area contributed by atoms with Crippen LogP contribution in [0, 0.1) is 5.92 Å². The molecule has 0 radical (unpaired) electrons. The van der Waals surface area contributed by atoms with Crippen molar-refractivity contribution in [3.63, 3.8) is 0 Å². The molecule has 5 heteroatoms. The molecule has 1 fully saturated rings. The number of amides is 1. The van der Waals surface area contributed by atoms with Crippen LogP contribution in [0.4, 0.5) is 5.82 Å². The lowest BCUT2D eigenvalue weighted by atomic mass is 9.90. The lowest BCUT2D eigenvalue weighted by molar-refractivity contribution is 0.0690. The maximum Gasteiger partial charge on any atom is 0.254 e. The van der Waals surface area contributed by atoms with Gasteiger partial charge >= 0.3 is 0 Å². The van der Waals surface area contributed by atoms with E-state index < -0.39 is 0 Å². The van der Waals surface area contributed by atoms with Crippen molar-refractivity contribution < 1.29 is 4.79 Å². The van der Waals surface area contributed by atoms with Gasteiger partial charge in [0.1, 0.15) is 5.82 Å². The summed E-state index contributed by atoms with van der Waals surface area (Å²) in [5.41, 5.74) is 2.12. The molecule has 1 amide bonds. The standard InChI is InChI=1S/C23H32N4O/c1-26(2)14-6-12-24-22-18-21(9-13-25-22)23(28)27-15-10-20(11-16-27)17-19-7-4-3-5-8-19/h3-5,7-9,13,18,20H,6,10-12,14-17H2,1-2H3,(H,24,25). The summed E-state index contributed by atoms with van der Waals surface area (Å²) in [6, 6.07) is 14.4. The first-order chi connectivity index (χ1) is 13.6. The van der Waals surface area contributed by atoms with E-state index in [4.69, 9.17) is 0 Å². The molecule has 3 rings (SSSR count). The molecule has 1 aliphatic rings. The third kappa shape index (κ3) is 6.06. The van der Waals surface area contributed by atoms with Crippen LogP contribution in [-0.2, 0) is 6.42 Å². The van der Waals surface area contributed by atoms with E-state index in [1.807, 2.05) is 17.0 Å². The number of piperidine rings is 1. The summed E-state index contributed by atoms with van der Waals surface area (Å²) in [5, 5.41) is 3.32. The first-order valence-corrected chi connectivity index (χ1v) is 10.3. The Morgan fingerprint density at radius 1 is 1.18 bits per heavy atom. The maximum absolute atomic E-state index is 12.9. The zero-order chi connectivity index (χ0) is 19.8. The average molecular weight is 381 g/mol. The first-order valence-electron chi connectivity index (χ1n) is 10.3. The molecule has 0 aliphatic carbocycles. The quantitative estimate of drug-likeness (QED) is 0.712. The average Bonchev–Trinajstić information content (AvgIpc) is 2.72. The minimum Gasteiger partial charge on any atom is -0.370 e. The minimum absolute atomic E-state index is 0.122. The molecule has 0 bridgehead atoms. The van der Waals surface area contributed by atoms with Crippen molar-refractivity contribution in [1.82, 2.24) is 14.8 Å². The summed E-state index contributed by atoms with van der Waals surface area (Å²) in [5.74, 6) is 1.57. The molecule has 0 saturated carbocycles. The molecule has 2 aromatic rings. The number of hydrogen-bond acceptors (Lipinski definition) is 4. The van der Waals surface area contributed by atoms with Gasteiger partial charge in [-0.25, -0.2) is 4.98 Å². The zero-order valence-corrected chi connectivity index (χ0v) is 17.1. The van der Waals surface area contributed by atoms with E-state index in [0.29, 0.717) is 5.92 Å². The Morgan fingerprint density at radius 3 is 2.64 bits per heavy atom. The summed E-state index contributed by atoms with van der Waals surface area (Å²) in [4.78, 5) is 21.4. The van der Waals surface area contributed by atoms with Crippen molar-refractivity contribution in [1.29, 1.82) is 0 Å². The van der Waals surface area contributed by atoms with Gasteiger partial charge in [0.25, 0.3) is 5.91 Å². The molecule has 1 aromatic carbocycles. The molecule has 28 heavy (non-hydrogen) atoms. The largest absolute Gasteiger partial charge is 0.370 e. The number of likely N-dealkylation sites (tertiary alicyclic amines) is 1. The number of carbonyl (C=O) groups excluding carboxylic acids is 1. The highest BCUT2D eigenvalue weighted by Crippen LogP contribution is 2.23. The van der Waals surface area contributed by atoms with E-state index in [1.165, 1.54) is 5.56 Å². The predicted molar refractivity (Wildman–Crippen MR) is 115 cm³/mol. The number of nitrogens with zero attached hydrogens (tertiary/aromatic N) is 3. The molecule has 0 atom stereocenters. The predicted octanol–water partition coefficient (Wildman–Crippen LogP) is 3.54. The van der Waals surface area contributed by atoms with Crippen LogP contribution < -0.4 is 5.32 Å². The third-order valence-corrected chi connectivity index (χ3v) is 5.36. The first kappa shape index (κ1) is 20.3. The Balaban J connectivity index is 1.48. The molecular formula is C23H32N4O. The van der Waals surface area contributed by atoms with Crippen LogP contribution >= 0.6 is 0 Å².